The largest absolute Gasteiger partial charge is 0.504 e. The van der Waals surface area contributed by atoms with Gasteiger partial charge in [-0.3, -0.25) is 9.59 Å². The van der Waals surface area contributed by atoms with E-state index in [2.05, 4.69) is 5.32 Å². The molecule has 154 valence electrons. The summed E-state index contributed by atoms with van der Waals surface area (Å²) in [5.41, 5.74) is 1.20. The molecule has 0 radical (unpaired) electrons. The van der Waals surface area contributed by atoms with Crippen LogP contribution in [0.5, 0.6) is 23.0 Å². The Morgan fingerprint density at radius 1 is 1.07 bits per heavy atom. The monoisotopic (exact) mass is 400 g/mol. The van der Waals surface area contributed by atoms with E-state index in [1.165, 1.54) is 0 Å². The number of likely N-dealkylation sites (tertiary alicyclic amines) is 1. The molecule has 4 N–H and O–H groups in total. The van der Waals surface area contributed by atoms with Crippen molar-refractivity contribution in [3.8, 4) is 23.0 Å². The Labute approximate surface area is 168 Å². The van der Waals surface area contributed by atoms with Crippen LogP contribution in [0, 0.1) is 6.92 Å². The van der Waals surface area contributed by atoms with Crippen molar-refractivity contribution in [1.82, 2.24) is 10.2 Å². The second kappa shape index (κ2) is 8.72. The fraction of sp³-hybridized carbons (Fsp3) is 0.333. The molecule has 8 nitrogen and oxygen atoms in total. The van der Waals surface area contributed by atoms with Crippen molar-refractivity contribution >= 4 is 11.8 Å². The summed E-state index contributed by atoms with van der Waals surface area (Å²) in [7, 11) is 0. The summed E-state index contributed by atoms with van der Waals surface area (Å²) in [6, 6.07) is 9.62. The molecule has 0 atom stereocenters. The highest BCUT2D eigenvalue weighted by atomic mass is 16.5. The highest BCUT2D eigenvalue weighted by molar-refractivity contribution is 5.95. The van der Waals surface area contributed by atoms with E-state index in [1.54, 1.807) is 4.90 Å². The van der Waals surface area contributed by atoms with Gasteiger partial charge in [0, 0.05) is 24.7 Å². The van der Waals surface area contributed by atoms with E-state index < -0.39 is 17.2 Å². The lowest BCUT2D eigenvalue weighted by Gasteiger charge is -2.32. The summed E-state index contributed by atoms with van der Waals surface area (Å²) in [6.07, 6.45) is 1.16. The molecule has 0 unspecified atom stereocenters. The molecule has 2 aromatic rings. The number of amides is 2. The number of aromatic hydroxyl groups is 3. The summed E-state index contributed by atoms with van der Waals surface area (Å²) in [5.74, 6) is -1.71. The molecule has 2 amide bonds. The van der Waals surface area contributed by atoms with Crippen molar-refractivity contribution in [3.05, 3.63) is 47.5 Å². The van der Waals surface area contributed by atoms with Crippen LogP contribution in [0.1, 0.15) is 28.8 Å². The first-order valence-electron chi connectivity index (χ1n) is 9.36. The molecule has 0 saturated carbocycles. The normalized spacial score (nSPS) is 14.4. The predicted molar refractivity (Wildman–Crippen MR) is 105 cm³/mol. The average molecular weight is 400 g/mol. The fourth-order valence-corrected chi connectivity index (χ4v) is 3.19. The van der Waals surface area contributed by atoms with E-state index in [-0.39, 0.29) is 30.0 Å². The van der Waals surface area contributed by atoms with Gasteiger partial charge in [-0.2, -0.15) is 0 Å². The first-order chi connectivity index (χ1) is 13.8. The Morgan fingerprint density at radius 3 is 2.24 bits per heavy atom. The van der Waals surface area contributed by atoms with E-state index in [0.717, 1.165) is 17.7 Å². The Bertz CT molecular complexity index is 866. The van der Waals surface area contributed by atoms with Crippen LogP contribution in [-0.2, 0) is 4.79 Å². The first-order valence-corrected chi connectivity index (χ1v) is 9.36. The predicted octanol–water partition coefficient (Wildman–Crippen LogP) is 1.91. The number of nitrogens with zero attached hydrogens (tertiary/aromatic N) is 1. The number of rotatable bonds is 5. The molecule has 1 fully saturated rings. The third-order valence-corrected chi connectivity index (χ3v) is 4.85. The second-order valence-electron chi connectivity index (χ2n) is 7.10. The van der Waals surface area contributed by atoms with Gasteiger partial charge in [0.1, 0.15) is 5.75 Å². The lowest BCUT2D eigenvalue weighted by molar-refractivity contribution is -0.124. The van der Waals surface area contributed by atoms with Gasteiger partial charge >= 0.3 is 0 Å². The number of aryl methyl sites for hydroxylation is 1. The number of phenolic OH excluding ortho intramolecular Hbond substituents is 3. The third-order valence-electron chi connectivity index (χ3n) is 4.85. The van der Waals surface area contributed by atoms with Crippen LogP contribution in [0.2, 0.25) is 0 Å². The van der Waals surface area contributed by atoms with Gasteiger partial charge in [0.25, 0.3) is 11.8 Å². The molecule has 0 bridgehead atoms. The molecule has 29 heavy (non-hydrogen) atoms. The fourth-order valence-electron chi connectivity index (χ4n) is 3.19. The maximum Gasteiger partial charge on any atom is 0.258 e. The molecule has 0 aromatic heterocycles. The molecule has 1 heterocycles. The topological polar surface area (TPSA) is 119 Å². The van der Waals surface area contributed by atoms with Gasteiger partial charge in [0.15, 0.2) is 23.9 Å². The van der Waals surface area contributed by atoms with Crippen molar-refractivity contribution in [1.29, 1.82) is 0 Å². The van der Waals surface area contributed by atoms with Crippen molar-refractivity contribution < 1.29 is 29.6 Å². The molecular formula is C21H24N2O6. The number of carbonyl (C=O) groups excluding carboxylic acids is 2. The highest BCUT2D eigenvalue weighted by Gasteiger charge is 2.26. The molecular weight excluding hydrogens is 376 g/mol. The van der Waals surface area contributed by atoms with Gasteiger partial charge in [0.2, 0.25) is 0 Å². The van der Waals surface area contributed by atoms with Crippen molar-refractivity contribution in [2.75, 3.05) is 19.7 Å². The average Bonchev–Trinajstić information content (AvgIpc) is 2.71. The van der Waals surface area contributed by atoms with Gasteiger partial charge in [-0.25, -0.2) is 0 Å². The Kier molecular flexibility index (Phi) is 6.11. The second-order valence-corrected chi connectivity index (χ2v) is 7.10. The standard InChI is InChI=1S/C21H24N2O6/c1-13-2-4-16(5-3-13)29-12-19(26)22-15-6-8-23(9-7-15)21(28)14-10-17(24)20(27)18(25)11-14/h2-5,10-11,15,24-25,27H,6-9,12H2,1H3,(H,22,26). The maximum atomic E-state index is 12.5. The zero-order valence-corrected chi connectivity index (χ0v) is 16.1. The smallest absolute Gasteiger partial charge is 0.258 e. The molecule has 8 heteroatoms. The first kappa shape index (κ1) is 20.3. The van der Waals surface area contributed by atoms with E-state index in [4.69, 9.17) is 4.74 Å². The van der Waals surface area contributed by atoms with E-state index in [9.17, 15) is 24.9 Å². The number of benzene rings is 2. The number of hydrogen-bond donors (Lipinski definition) is 4. The van der Waals surface area contributed by atoms with Gasteiger partial charge in [-0.15, -0.1) is 0 Å². The van der Waals surface area contributed by atoms with Gasteiger partial charge < -0.3 is 30.3 Å². The summed E-state index contributed by atoms with van der Waals surface area (Å²) < 4.78 is 5.47. The Balaban J connectivity index is 1.46. The molecule has 1 saturated heterocycles. The molecule has 2 aromatic carbocycles. The van der Waals surface area contributed by atoms with E-state index in [1.807, 2.05) is 31.2 Å². The van der Waals surface area contributed by atoms with Gasteiger partial charge in [0.05, 0.1) is 0 Å². The van der Waals surface area contributed by atoms with Crippen LogP contribution < -0.4 is 10.1 Å². The third kappa shape index (κ3) is 5.10. The number of piperidine rings is 1. The molecule has 3 rings (SSSR count). The minimum Gasteiger partial charge on any atom is -0.504 e. The SMILES string of the molecule is Cc1ccc(OCC(=O)NC2CCN(C(=O)c3cc(O)c(O)c(O)c3)CC2)cc1. The lowest BCUT2D eigenvalue weighted by atomic mass is 10.0. The number of ether oxygens (including phenoxy) is 1. The van der Waals surface area contributed by atoms with Crippen molar-refractivity contribution in [3.63, 3.8) is 0 Å². The van der Waals surface area contributed by atoms with Crippen LogP contribution >= 0.6 is 0 Å². The van der Waals surface area contributed by atoms with Gasteiger partial charge in [-0.1, -0.05) is 17.7 Å². The van der Waals surface area contributed by atoms with Crippen molar-refractivity contribution in [2.24, 2.45) is 0 Å². The van der Waals surface area contributed by atoms with E-state index in [0.29, 0.717) is 31.7 Å². The van der Waals surface area contributed by atoms with Crippen molar-refractivity contribution in [2.45, 2.75) is 25.8 Å². The van der Waals surface area contributed by atoms with Crippen LogP contribution in [0.3, 0.4) is 0 Å². The number of hydrogen-bond acceptors (Lipinski definition) is 6. The summed E-state index contributed by atoms with van der Waals surface area (Å²) >= 11 is 0. The Morgan fingerprint density at radius 2 is 1.66 bits per heavy atom. The van der Waals surface area contributed by atoms with Gasteiger partial charge in [-0.05, 0) is 44.0 Å². The number of carbonyl (C=O) groups is 2. The van der Waals surface area contributed by atoms with E-state index >= 15 is 0 Å². The Hall–Kier alpha value is -3.42. The summed E-state index contributed by atoms with van der Waals surface area (Å²) in [4.78, 5) is 26.2. The number of nitrogens with one attached hydrogen (secondary N) is 1. The van der Waals surface area contributed by atoms with Crippen LogP contribution in [-0.4, -0.2) is 57.8 Å². The molecule has 1 aliphatic rings. The van der Waals surface area contributed by atoms with Crippen LogP contribution in [0.4, 0.5) is 0 Å². The summed E-state index contributed by atoms with van der Waals surface area (Å²) in [6.45, 7) is 2.74. The molecule has 0 aliphatic carbocycles. The quantitative estimate of drug-likeness (QED) is 0.569. The molecule has 1 aliphatic heterocycles. The minimum absolute atomic E-state index is 0.0604. The molecule has 0 spiro atoms. The number of phenols is 3. The maximum absolute atomic E-state index is 12.5. The lowest BCUT2D eigenvalue weighted by Crippen LogP contribution is -2.47. The van der Waals surface area contributed by atoms with Crippen LogP contribution in [0.25, 0.3) is 0 Å². The highest BCUT2D eigenvalue weighted by Crippen LogP contribution is 2.35. The minimum atomic E-state index is -0.657. The zero-order chi connectivity index (χ0) is 21.0. The zero-order valence-electron chi connectivity index (χ0n) is 16.1. The van der Waals surface area contributed by atoms with Crippen LogP contribution in [0.15, 0.2) is 36.4 Å². The summed E-state index contributed by atoms with van der Waals surface area (Å²) in [5, 5.41) is 31.5.